The van der Waals surface area contributed by atoms with Crippen molar-refractivity contribution in [3.05, 3.63) is 0 Å². The Morgan fingerprint density at radius 2 is 0.522 bits per heavy atom. The van der Waals surface area contributed by atoms with Gasteiger partial charge in [0.25, 0.3) is 0 Å². The van der Waals surface area contributed by atoms with Gasteiger partial charge < -0.3 is 33.8 Å². The molecule has 19 heteroatoms. The van der Waals surface area contributed by atoms with Crippen molar-refractivity contribution in [2.45, 2.75) is 400 Å². The van der Waals surface area contributed by atoms with E-state index in [9.17, 15) is 43.2 Å². The molecule has 3 N–H and O–H groups in total. The standard InChI is InChI=1S/C73H142O17P2/c1-6-10-13-16-19-22-23-33-38-42-47-52-57-71(76)84-63-69(90-73(78)59-54-49-44-39-34-31-29-27-25-24-26-28-30-32-37-40-45-50-55-66(5)9-4)65-88-92(81,82)86-61-67(74)60-85-91(79,80)87-64-68(89-72(77)58-53-48-43-36-21-18-15-12-8-3)62-83-70(75)56-51-46-41-35-20-17-14-11-7-2/h66-69,74H,6-65H2,1-5H3,(H,79,80)(H,81,82)/t66?,67-,68+,69+/m0/s1. The van der Waals surface area contributed by atoms with Crippen LogP contribution in [0.4, 0.5) is 0 Å². The van der Waals surface area contributed by atoms with Crippen molar-refractivity contribution < 1.29 is 80.2 Å². The van der Waals surface area contributed by atoms with Gasteiger partial charge in [-0.2, -0.15) is 0 Å². The van der Waals surface area contributed by atoms with Crippen LogP contribution in [0.15, 0.2) is 0 Å². The second-order valence-electron chi connectivity index (χ2n) is 26.6. The fraction of sp³-hybridized carbons (Fsp3) is 0.945. The zero-order chi connectivity index (χ0) is 67.7. The summed E-state index contributed by atoms with van der Waals surface area (Å²) in [5.41, 5.74) is 0. The molecule has 0 spiro atoms. The molecule has 17 nitrogen and oxygen atoms in total. The summed E-state index contributed by atoms with van der Waals surface area (Å²) < 4.78 is 68.3. The molecule has 0 bridgehead atoms. The van der Waals surface area contributed by atoms with Gasteiger partial charge in [-0.3, -0.25) is 37.3 Å². The van der Waals surface area contributed by atoms with Gasteiger partial charge in [-0.15, -0.1) is 0 Å². The summed E-state index contributed by atoms with van der Waals surface area (Å²) in [6.45, 7) is 7.30. The molecule has 0 aromatic carbocycles. The minimum atomic E-state index is -4.95. The third kappa shape index (κ3) is 65.4. The Balaban J connectivity index is 5.13. The lowest BCUT2D eigenvalue weighted by molar-refractivity contribution is -0.161. The van der Waals surface area contributed by atoms with Crippen molar-refractivity contribution >= 4 is 39.5 Å². The summed E-state index contributed by atoms with van der Waals surface area (Å²) in [6.07, 6.45) is 54.1. The predicted molar refractivity (Wildman–Crippen MR) is 372 cm³/mol. The molecule has 0 aliphatic carbocycles. The Bertz CT molecular complexity index is 1770. The highest BCUT2D eigenvalue weighted by atomic mass is 31.2. The van der Waals surface area contributed by atoms with E-state index in [0.717, 1.165) is 95.8 Å². The SMILES string of the molecule is CCCCCCCCCCCCCCC(=O)OC[C@H](COP(=O)(O)OC[C@@H](O)COP(=O)(O)OC[C@@H](COC(=O)CCCCCCCCCCC)OC(=O)CCCCCCCCCCC)OC(=O)CCCCCCCCCCCCCCCCCCCCC(C)CC. The highest BCUT2D eigenvalue weighted by Crippen LogP contribution is 2.45. The van der Waals surface area contributed by atoms with Gasteiger partial charge in [0.1, 0.15) is 19.3 Å². The minimum Gasteiger partial charge on any atom is -0.462 e. The van der Waals surface area contributed by atoms with Crippen LogP contribution < -0.4 is 0 Å². The normalized spacial score (nSPS) is 14.3. The van der Waals surface area contributed by atoms with E-state index in [1.807, 2.05) is 0 Å². The van der Waals surface area contributed by atoms with Crippen LogP contribution in [0.3, 0.4) is 0 Å². The van der Waals surface area contributed by atoms with Crippen LogP contribution in [-0.2, 0) is 65.4 Å². The third-order valence-corrected chi connectivity index (χ3v) is 19.3. The molecule has 0 rings (SSSR count). The first-order valence-corrected chi connectivity index (χ1v) is 41.2. The number of esters is 4. The highest BCUT2D eigenvalue weighted by molar-refractivity contribution is 7.47. The highest BCUT2D eigenvalue weighted by Gasteiger charge is 2.30. The number of unbranched alkanes of at least 4 members (excludes halogenated alkanes) is 44. The molecule has 0 aliphatic heterocycles. The lowest BCUT2D eigenvalue weighted by Gasteiger charge is -2.21. The number of aliphatic hydroxyl groups excluding tert-OH is 1. The van der Waals surface area contributed by atoms with E-state index in [1.54, 1.807) is 0 Å². The second kappa shape index (κ2) is 66.3. The van der Waals surface area contributed by atoms with E-state index in [4.69, 9.17) is 37.0 Å². The summed E-state index contributed by atoms with van der Waals surface area (Å²) in [4.78, 5) is 72.5. The maximum absolute atomic E-state index is 13.0. The van der Waals surface area contributed by atoms with Gasteiger partial charge in [0.05, 0.1) is 26.4 Å². The van der Waals surface area contributed by atoms with Crippen LogP contribution in [0.5, 0.6) is 0 Å². The van der Waals surface area contributed by atoms with Gasteiger partial charge in [0.15, 0.2) is 12.2 Å². The first-order valence-electron chi connectivity index (χ1n) is 38.2. The number of aliphatic hydroxyl groups is 1. The number of rotatable bonds is 73. The number of phosphoric acid groups is 2. The van der Waals surface area contributed by atoms with E-state index in [0.29, 0.717) is 25.7 Å². The van der Waals surface area contributed by atoms with Crippen molar-refractivity contribution in [1.82, 2.24) is 0 Å². The first-order chi connectivity index (χ1) is 44.6. The molecule has 0 amide bonds. The zero-order valence-corrected chi connectivity index (χ0v) is 61.5. The minimum absolute atomic E-state index is 0.106. The number of ether oxygens (including phenoxy) is 4. The van der Waals surface area contributed by atoms with Gasteiger partial charge in [0, 0.05) is 25.7 Å². The Morgan fingerprint density at radius 1 is 0.304 bits per heavy atom. The third-order valence-electron chi connectivity index (χ3n) is 17.4. The fourth-order valence-corrected chi connectivity index (χ4v) is 12.7. The average Bonchev–Trinajstić information content (AvgIpc) is 3.43. The van der Waals surface area contributed by atoms with Crippen molar-refractivity contribution in [2.75, 3.05) is 39.6 Å². The van der Waals surface area contributed by atoms with Gasteiger partial charge in [0.2, 0.25) is 0 Å². The van der Waals surface area contributed by atoms with Crippen molar-refractivity contribution in [1.29, 1.82) is 0 Å². The van der Waals surface area contributed by atoms with Crippen molar-refractivity contribution in [3.63, 3.8) is 0 Å². The maximum Gasteiger partial charge on any atom is 0.472 e. The van der Waals surface area contributed by atoms with Crippen molar-refractivity contribution in [2.24, 2.45) is 5.92 Å². The molecule has 0 fully saturated rings. The molecule has 0 aromatic heterocycles. The molecular formula is C73H142O17P2. The Labute approximate surface area is 562 Å². The summed E-state index contributed by atoms with van der Waals surface area (Å²) in [7, 11) is -9.90. The smallest absolute Gasteiger partial charge is 0.462 e. The quantitative estimate of drug-likeness (QED) is 0.0222. The summed E-state index contributed by atoms with van der Waals surface area (Å²) in [5, 5.41) is 10.6. The number of phosphoric ester groups is 2. The molecule has 0 heterocycles. The van der Waals surface area contributed by atoms with Gasteiger partial charge in [-0.05, 0) is 31.6 Å². The molecule has 0 saturated carbocycles. The average molecular weight is 1350 g/mol. The van der Waals surface area contributed by atoms with Crippen LogP contribution in [0.25, 0.3) is 0 Å². The van der Waals surface area contributed by atoms with Crippen LogP contribution in [0, 0.1) is 5.92 Å². The Kier molecular flexibility index (Phi) is 64.9. The number of hydrogen-bond acceptors (Lipinski definition) is 15. The maximum atomic E-state index is 13.0. The van der Waals surface area contributed by atoms with E-state index in [-0.39, 0.29) is 25.7 Å². The molecule has 0 radical (unpaired) electrons. The number of carbonyl (C=O) groups excluding carboxylic acids is 4. The van der Waals surface area contributed by atoms with Crippen molar-refractivity contribution in [3.8, 4) is 0 Å². The lowest BCUT2D eigenvalue weighted by Crippen LogP contribution is -2.30. The summed E-state index contributed by atoms with van der Waals surface area (Å²) >= 11 is 0. The summed E-state index contributed by atoms with van der Waals surface area (Å²) in [6, 6.07) is 0. The molecule has 546 valence electrons. The van der Waals surface area contributed by atoms with Crippen LogP contribution in [0.2, 0.25) is 0 Å². The monoisotopic (exact) mass is 1350 g/mol. The topological polar surface area (TPSA) is 237 Å². The number of hydrogen-bond donors (Lipinski definition) is 3. The number of carbonyl (C=O) groups is 4. The van der Waals surface area contributed by atoms with E-state index in [2.05, 4.69) is 34.6 Å². The zero-order valence-electron chi connectivity index (χ0n) is 59.7. The first kappa shape index (κ1) is 90.1. The predicted octanol–water partition coefficient (Wildman–Crippen LogP) is 21.3. The second-order valence-corrected chi connectivity index (χ2v) is 29.5. The molecule has 0 aromatic rings. The van der Waals surface area contributed by atoms with Gasteiger partial charge in [-0.1, -0.05) is 330 Å². The van der Waals surface area contributed by atoms with Gasteiger partial charge in [-0.25, -0.2) is 9.13 Å². The van der Waals surface area contributed by atoms with Crippen LogP contribution in [0.1, 0.15) is 381 Å². The molecule has 0 aliphatic rings. The molecular weight excluding hydrogens is 1210 g/mol. The largest absolute Gasteiger partial charge is 0.472 e. The van der Waals surface area contributed by atoms with E-state index >= 15 is 0 Å². The lowest BCUT2D eigenvalue weighted by atomic mass is 9.99. The van der Waals surface area contributed by atoms with Crippen LogP contribution >= 0.6 is 15.6 Å². The van der Waals surface area contributed by atoms with Crippen LogP contribution in [-0.4, -0.2) is 96.7 Å². The molecule has 92 heavy (non-hydrogen) atoms. The van der Waals surface area contributed by atoms with Gasteiger partial charge >= 0.3 is 39.5 Å². The fourth-order valence-electron chi connectivity index (χ4n) is 11.1. The Hall–Kier alpha value is -1.94. The molecule has 6 atom stereocenters. The van der Waals surface area contributed by atoms with E-state index < -0.39 is 97.5 Å². The van der Waals surface area contributed by atoms with E-state index in [1.165, 1.54) is 205 Å². The molecule has 0 saturated heterocycles. The Morgan fingerprint density at radius 3 is 0.772 bits per heavy atom. The summed E-state index contributed by atoms with van der Waals surface area (Å²) in [5.74, 6) is -1.25. The molecule has 3 unspecified atom stereocenters.